The van der Waals surface area contributed by atoms with E-state index in [1.54, 1.807) is 12.1 Å². The molecule has 0 aliphatic carbocycles. The Morgan fingerprint density at radius 2 is 2.04 bits per heavy atom. The number of phenols is 1. The van der Waals surface area contributed by atoms with Gasteiger partial charge in [-0.05, 0) is 36.8 Å². The molecule has 0 aliphatic rings. The monoisotopic (exact) mass is 329 g/mol. The first kappa shape index (κ1) is 16.9. The molecule has 2 rings (SSSR count). The van der Waals surface area contributed by atoms with Crippen LogP contribution in [0.25, 0.3) is 0 Å². The van der Waals surface area contributed by atoms with Gasteiger partial charge in [-0.25, -0.2) is 5.43 Å². The Balaban J connectivity index is 1.84. The van der Waals surface area contributed by atoms with Crippen molar-refractivity contribution in [2.45, 2.75) is 6.92 Å². The first-order valence-corrected chi connectivity index (χ1v) is 6.94. The number of nitrogens with zero attached hydrogens (tertiary/aromatic N) is 2. The number of benzene rings is 2. The highest BCUT2D eigenvalue weighted by Crippen LogP contribution is 2.25. The van der Waals surface area contributed by atoms with E-state index in [-0.39, 0.29) is 6.61 Å². The molecule has 124 valence electrons. The molecule has 0 heterocycles. The van der Waals surface area contributed by atoms with Gasteiger partial charge in [0.05, 0.1) is 11.1 Å². The lowest BCUT2D eigenvalue weighted by Crippen LogP contribution is -2.24. The molecule has 0 aromatic heterocycles. The van der Waals surface area contributed by atoms with Gasteiger partial charge in [0.25, 0.3) is 5.91 Å². The lowest BCUT2D eigenvalue weighted by atomic mass is 10.2. The fourth-order valence-electron chi connectivity index (χ4n) is 1.77. The van der Waals surface area contributed by atoms with Crippen LogP contribution in [0.3, 0.4) is 0 Å². The molecule has 24 heavy (non-hydrogen) atoms. The lowest BCUT2D eigenvalue weighted by Gasteiger charge is -2.05. The molecule has 0 spiro atoms. The normalized spacial score (nSPS) is 10.5. The smallest absolute Gasteiger partial charge is 0.310 e. The summed E-state index contributed by atoms with van der Waals surface area (Å²) in [5.41, 5.74) is 3.35. The molecule has 0 aliphatic heterocycles. The molecular formula is C16H15N3O5. The number of aromatic hydroxyl groups is 1. The second-order valence-electron chi connectivity index (χ2n) is 4.90. The SMILES string of the molecule is Cc1ccc(OCC(=O)N/N=C/c2ccc([N+](=O)[O-])c(O)c2)cc1. The van der Waals surface area contributed by atoms with Crippen LogP contribution in [0.2, 0.25) is 0 Å². The number of hydrogen-bond donors (Lipinski definition) is 2. The van der Waals surface area contributed by atoms with Gasteiger partial charge in [0, 0.05) is 6.07 Å². The number of nitrogens with one attached hydrogen (secondary N) is 1. The average molecular weight is 329 g/mol. The molecule has 0 bridgehead atoms. The second kappa shape index (κ2) is 7.73. The molecule has 0 saturated carbocycles. The quantitative estimate of drug-likeness (QED) is 0.479. The van der Waals surface area contributed by atoms with Gasteiger partial charge in [-0.15, -0.1) is 0 Å². The topological polar surface area (TPSA) is 114 Å². The molecule has 0 saturated heterocycles. The molecule has 2 aromatic rings. The van der Waals surface area contributed by atoms with E-state index in [0.29, 0.717) is 11.3 Å². The average Bonchev–Trinajstić information content (AvgIpc) is 2.54. The maximum Gasteiger partial charge on any atom is 0.310 e. The van der Waals surface area contributed by atoms with Gasteiger partial charge in [0.2, 0.25) is 0 Å². The zero-order chi connectivity index (χ0) is 17.5. The second-order valence-corrected chi connectivity index (χ2v) is 4.90. The number of phenolic OH excluding ortho intramolecular Hbond substituents is 1. The van der Waals surface area contributed by atoms with Gasteiger partial charge in [0.15, 0.2) is 12.4 Å². The predicted octanol–water partition coefficient (Wildman–Crippen LogP) is 2.14. The fourth-order valence-corrected chi connectivity index (χ4v) is 1.77. The van der Waals surface area contributed by atoms with Gasteiger partial charge in [-0.1, -0.05) is 17.7 Å². The molecule has 0 atom stereocenters. The zero-order valence-electron chi connectivity index (χ0n) is 12.8. The van der Waals surface area contributed by atoms with Crippen molar-refractivity contribution < 1.29 is 19.6 Å². The van der Waals surface area contributed by atoms with Crippen LogP contribution >= 0.6 is 0 Å². The summed E-state index contributed by atoms with van der Waals surface area (Å²) in [6.45, 7) is 1.74. The minimum atomic E-state index is -0.694. The first-order chi connectivity index (χ1) is 11.5. The van der Waals surface area contributed by atoms with Crippen LogP contribution in [0.4, 0.5) is 5.69 Å². The summed E-state index contributed by atoms with van der Waals surface area (Å²) in [5.74, 6) is -0.365. The van der Waals surface area contributed by atoms with Crippen molar-refractivity contribution in [2.75, 3.05) is 6.61 Å². The number of carbonyl (C=O) groups is 1. The summed E-state index contributed by atoms with van der Waals surface area (Å²) in [4.78, 5) is 21.5. The van der Waals surface area contributed by atoms with E-state index >= 15 is 0 Å². The Kier molecular flexibility index (Phi) is 5.45. The van der Waals surface area contributed by atoms with Crippen molar-refractivity contribution in [2.24, 2.45) is 5.10 Å². The van der Waals surface area contributed by atoms with Crippen LogP contribution < -0.4 is 10.2 Å². The third-order valence-electron chi connectivity index (χ3n) is 2.99. The maximum atomic E-state index is 11.6. The lowest BCUT2D eigenvalue weighted by molar-refractivity contribution is -0.385. The Hall–Kier alpha value is -3.42. The minimum Gasteiger partial charge on any atom is -0.502 e. The van der Waals surface area contributed by atoms with Gasteiger partial charge in [0.1, 0.15) is 5.75 Å². The van der Waals surface area contributed by atoms with Gasteiger partial charge < -0.3 is 9.84 Å². The number of ether oxygens (including phenoxy) is 1. The summed E-state index contributed by atoms with van der Waals surface area (Å²) in [7, 11) is 0. The van der Waals surface area contributed by atoms with Crippen molar-refractivity contribution in [1.82, 2.24) is 5.43 Å². The number of aryl methyl sites for hydroxylation is 1. The molecule has 0 unspecified atom stereocenters. The Bertz CT molecular complexity index is 772. The predicted molar refractivity (Wildman–Crippen MR) is 87.2 cm³/mol. The van der Waals surface area contributed by atoms with Crippen molar-refractivity contribution in [1.29, 1.82) is 0 Å². The number of nitro groups is 1. The van der Waals surface area contributed by atoms with E-state index in [2.05, 4.69) is 10.5 Å². The van der Waals surface area contributed by atoms with Gasteiger partial charge in [-0.3, -0.25) is 14.9 Å². The highest BCUT2D eigenvalue weighted by molar-refractivity contribution is 5.83. The molecule has 0 radical (unpaired) electrons. The highest BCUT2D eigenvalue weighted by atomic mass is 16.6. The Morgan fingerprint density at radius 3 is 2.67 bits per heavy atom. The third kappa shape index (κ3) is 4.80. The van der Waals surface area contributed by atoms with Gasteiger partial charge >= 0.3 is 5.69 Å². The Labute approximate surface area is 137 Å². The van der Waals surface area contributed by atoms with Crippen molar-refractivity contribution in [3.05, 3.63) is 63.7 Å². The van der Waals surface area contributed by atoms with Gasteiger partial charge in [-0.2, -0.15) is 5.10 Å². The van der Waals surface area contributed by atoms with Crippen LogP contribution in [0.5, 0.6) is 11.5 Å². The molecular weight excluding hydrogens is 314 g/mol. The number of nitro benzene ring substituents is 1. The van der Waals surface area contributed by atoms with E-state index in [9.17, 15) is 20.0 Å². The largest absolute Gasteiger partial charge is 0.502 e. The zero-order valence-corrected chi connectivity index (χ0v) is 12.8. The number of amides is 1. The summed E-state index contributed by atoms with van der Waals surface area (Å²) in [6.07, 6.45) is 1.26. The summed E-state index contributed by atoms with van der Waals surface area (Å²) in [5, 5.41) is 23.8. The van der Waals surface area contributed by atoms with Crippen LogP contribution in [-0.4, -0.2) is 28.8 Å². The molecule has 8 nitrogen and oxygen atoms in total. The van der Waals surface area contributed by atoms with E-state index in [0.717, 1.165) is 11.6 Å². The fraction of sp³-hybridized carbons (Fsp3) is 0.125. The van der Waals surface area contributed by atoms with Crippen LogP contribution in [-0.2, 0) is 4.79 Å². The van der Waals surface area contributed by atoms with Crippen molar-refractivity contribution in [3.8, 4) is 11.5 Å². The maximum absolute atomic E-state index is 11.6. The van der Waals surface area contributed by atoms with Crippen LogP contribution in [0.15, 0.2) is 47.6 Å². The standard InChI is InChI=1S/C16H15N3O5/c1-11-2-5-13(6-3-11)24-10-16(21)18-17-9-12-4-7-14(19(22)23)15(20)8-12/h2-9,20H,10H2,1H3,(H,18,21)/b17-9+. The number of hydrogen-bond acceptors (Lipinski definition) is 6. The minimum absolute atomic E-state index is 0.202. The third-order valence-corrected chi connectivity index (χ3v) is 2.99. The van der Waals surface area contributed by atoms with E-state index in [4.69, 9.17) is 4.74 Å². The van der Waals surface area contributed by atoms with E-state index in [1.807, 2.05) is 19.1 Å². The van der Waals surface area contributed by atoms with E-state index in [1.165, 1.54) is 18.3 Å². The summed E-state index contributed by atoms with van der Waals surface area (Å²) in [6, 6.07) is 11.0. The van der Waals surface area contributed by atoms with E-state index < -0.39 is 22.3 Å². The summed E-state index contributed by atoms with van der Waals surface area (Å²) < 4.78 is 5.29. The molecule has 2 N–H and O–H groups in total. The summed E-state index contributed by atoms with van der Waals surface area (Å²) >= 11 is 0. The number of rotatable bonds is 6. The van der Waals surface area contributed by atoms with Crippen molar-refractivity contribution in [3.63, 3.8) is 0 Å². The number of carbonyl (C=O) groups excluding carboxylic acids is 1. The van der Waals surface area contributed by atoms with Crippen LogP contribution in [0.1, 0.15) is 11.1 Å². The number of hydrazone groups is 1. The first-order valence-electron chi connectivity index (χ1n) is 6.94. The Morgan fingerprint density at radius 1 is 1.33 bits per heavy atom. The van der Waals surface area contributed by atoms with Crippen LogP contribution in [0, 0.1) is 17.0 Å². The van der Waals surface area contributed by atoms with Crippen molar-refractivity contribution >= 4 is 17.8 Å². The molecule has 0 fully saturated rings. The molecule has 8 heteroatoms. The highest BCUT2D eigenvalue weighted by Gasteiger charge is 2.12. The molecule has 1 amide bonds. The molecule has 2 aromatic carbocycles.